The summed E-state index contributed by atoms with van der Waals surface area (Å²) in [6.45, 7) is 8.93. The summed E-state index contributed by atoms with van der Waals surface area (Å²) in [7, 11) is 3.38. The second-order valence-corrected chi connectivity index (χ2v) is 10.2. The van der Waals surface area contributed by atoms with E-state index in [1.54, 1.807) is 37.3 Å². The van der Waals surface area contributed by atoms with Crippen LogP contribution in [0.25, 0.3) is 0 Å². The number of fused-ring (bicyclic) bond motifs is 1. The van der Waals surface area contributed by atoms with E-state index in [2.05, 4.69) is 17.6 Å². The number of nitrogens with zero attached hydrogens (tertiary/aromatic N) is 2. The van der Waals surface area contributed by atoms with Gasteiger partial charge in [-0.1, -0.05) is 13.3 Å². The third kappa shape index (κ3) is 6.66. The number of amides is 4. The number of carbonyl (C=O) groups is 3. The Bertz CT molecular complexity index is 917. The molecule has 0 radical (unpaired) electrons. The number of methoxy groups -OCH3 is 1. The fraction of sp³-hybridized carbons (Fsp3) is 0.654. The van der Waals surface area contributed by atoms with Gasteiger partial charge in [-0.05, 0) is 45.7 Å². The van der Waals surface area contributed by atoms with E-state index in [-0.39, 0.29) is 54.5 Å². The van der Waals surface area contributed by atoms with Gasteiger partial charge in [-0.2, -0.15) is 0 Å². The second-order valence-electron chi connectivity index (χ2n) is 10.2. The molecule has 0 unspecified atom stereocenters. The van der Waals surface area contributed by atoms with E-state index in [0.29, 0.717) is 30.1 Å². The number of hydrogen-bond donors (Lipinski definition) is 2. The molecule has 1 saturated carbocycles. The third-order valence-corrected chi connectivity index (χ3v) is 6.86. The van der Waals surface area contributed by atoms with Crippen molar-refractivity contribution in [1.82, 2.24) is 15.1 Å². The minimum atomic E-state index is -0.334. The lowest BCUT2D eigenvalue weighted by atomic mass is 9.83. The number of rotatable bonds is 4. The van der Waals surface area contributed by atoms with Crippen LogP contribution >= 0.6 is 0 Å². The Morgan fingerprint density at radius 1 is 1.17 bits per heavy atom. The Balaban J connectivity index is 1.91. The molecule has 1 heterocycles. The number of carbonyl (C=O) groups excluding carboxylic acids is 3. The maximum atomic E-state index is 13.3. The zero-order chi connectivity index (χ0) is 25.7. The first-order valence-electron chi connectivity index (χ1n) is 12.5. The van der Waals surface area contributed by atoms with Crippen LogP contribution in [0, 0.1) is 11.8 Å². The molecule has 9 heteroatoms. The molecule has 9 nitrogen and oxygen atoms in total. The van der Waals surface area contributed by atoms with Crippen LogP contribution in [0.5, 0.6) is 5.75 Å². The van der Waals surface area contributed by atoms with Gasteiger partial charge in [-0.15, -0.1) is 0 Å². The molecule has 1 aromatic carbocycles. The molecule has 3 atom stereocenters. The number of hydrogen-bond acceptors (Lipinski definition) is 5. The summed E-state index contributed by atoms with van der Waals surface area (Å²) in [4.78, 5) is 42.3. The largest absolute Gasteiger partial charge is 0.491 e. The van der Waals surface area contributed by atoms with Crippen LogP contribution in [0.15, 0.2) is 18.2 Å². The standard InChI is InChI=1S/C26H40N4O5/c1-16(2)27-26(33)28-20-10-11-21-22(12-20)35-15-18(4)30(24(31)19-8-7-9-19)13-17(3)23(34-6)14-29(5)25(21)32/h10-12,16-19,23H,7-9,13-15H2,1-6H3,(H2,27,28,33)/t17-,18-,23-/m0/s1. The van der Waals surface area contributed by atoms with Crippen LogP contribution in [0.3, 0.4) is 0 Å². The number of urea groups is 1. The minimum absolute atomic E-state index is 0.0121. The quantitative estimate of drug-likeness (QED) is 0.677. The van der Waals surface area contributed by atoms with E-state index in [0.717, 1.165) is 19.3 Å². The van der Waals surface area contributed by atoms with Crippen LogP contribution < -0.4 is 15.4 Å². The Hall–Kier alpha value is -2.81. The molecule has 0 aromatic heterocycles. The van der Waals surface area contributed by atoms with Crippen molar-refractivity contribution < 1.29 is 23.9 Å². The molecule has 1 aromatic rings. The van der Waals surface area contributed by atoms with E-state index < -0.39 is 0 Å². The van der Waals surface area contributed by atoms with Crippen LogP contribution in [-0.4, -0.2) is 79.7 Å². The van der Waals surface area contributed by atoms with Crippen molar-refractivity contribution in [2.24, 2.45) is 11.8 Å². The smallest absolute Gasteiger partial charge is 0.319 e. The maximum Gasteiger partial charge on any atom is 0.319 e. The summed E-state index contributed by atoms with van der Waals surface area (Å²) < 4.78 is 11.9. The van der Waals surface area contributed by atoms with Crippen molar-refractivity contribution in [1.29, 1.82) is 0 Å². The third-order valence-electron chi connectivity index (χ3n) is 6.86. The number of benzene rings is 1. The van der Waals surface area contributed by atoms with Gasteiger partial charge in [0.25, 0.3) is 5.91 Å². The van der Waals surface area contributed by atoms with Gasteiger partial charge in [0.05, 0.1) is 17.7 Å². The van der Waals surface area contributed by atoms with Crippen LogP contribution in [0.1, 0.15) is 57.3 Å². The summed E-state index contributed by atoms with van der Waals surface area (Å²) in [6.07, 6.45) is 2.72. The van der Waals surface area contributed by atoms with E-state index in [1.165, 1.54) is 0 Å². The van der Waals surface area contributed by atoms with Gasteiger partial charge in [0, 0.05) is 56.9 Å². The fourth-order valence-electron chi connectivity index (χ4n) is 4.48. The molecular formula is C26H40N4O5. The van der Waals surface area contributed by atoms with Crippen molar-refractivity contribution in [2.75, 3.05) is 39.2 Å². The van der Waals surface area contributed by atoms with Gasteiger partial charge in [-0.25, -0.2) is 4.79 Å². The highest BCUT2D eigenvalue weighted by Crippen LogP contribution is 2.31. The van der Waals surface area contributed by atoms with Gasteiger partial charge in [0.1, 0.15) is 12.4 Å². The second kappa shape index (κ2) is 11.7. The summed E-state index contributed by atoms with van der Waals surface area (Å²) in [5.41, 5.74) is 0.914. The van der Waals surface area contributed by atoms with E-state index >= 15 is 0 Å². The maximum absolute atomic E-state index is 13.3. The predicted octanol–water partition coefficient (Wildman–Crippen LogP) is 3.35. The molecule has 2 N–H and O–H groups in total. The summed E-state index contributed by atoms with van der Waals surface area (Å²) in [5.74, 6) is 0.450. The molecule has 194 valence electrons. The van der Waals surface area contributed by atoms with Crippen molar-refractivity contribution >= 4 is 23.5 Å². The molecule has 0 bridgehead atoms. The van der Waals surface area contributed by atoms with Crippen molar-refractivity contribution in [2.45, 2.75) is 65.1 Å². The first kappa shape index (κ1) is 26.8. The zero-order valence-electron chi connectivity index (χ0n) is 21.8. The van der Waals surface area contributed by atoms with E-state index in [4.69, 9.17) is 9.47 Å². The SMILES string of the molecule is CO[C@H]1CN(C)C(=O)c2ccc(NC(=O)NC(C)C)cc2OC[C@H](C)N(C(=O)C2CCC2)C[C@@H]1C. The van der Waals surface area contributed by atoms with Crippen molar-refractivity contribution in [3.05, 3.63) is 23.8 Å². The zero-order valence-corrected chi connectivity index (χ0v) is 21.8. The normalized spacial score (nSPS) is 24.0. The number of nitrogens with one attached hydrogen (secondary N) is 2. The highest BCUT2D eigenvalue weighted by Gasteiger charge is 2.35. The molecule has 0 spiro atoms. The molecule has 1 fully saturated rings. The average molecular weight is 489 g/mol. The summed E-state index contributed by atoms with van der Waals surface area (Å²) in [6, 6.07) is 4.47. The molecule has 3 rings (SSSR count). The molecule has 0 saturated heterocycles. The van der Waals surface area contributed by atoms with Crippen LogP contribution in [0.4, 0.5) is 10.5 Å². The molecular weight excluding hydrogens is 448 g/mol. The van der Waals surface area contributed by atoms with Crippen LogP contribution in [0.2, 0.25) is 0 Å². The predicted molar refractivity (Wildman–Crippen MR) is 135 cm³/mol. The van der Waals surface area contributed by atoms with Gasteiger partial charge < -0.3 is 29.9 Å². The van der Waals surface area contributed by atoms with Gasteiger partial charge >= 0.3 is 6.03 Å². The average Bonchev–Trinajstić information content (AvgIpc) is 2.76. The highest BCUT2D eigenvalue weighted by molar-refractivity contribution is 5.98. The first-order valence-corrected chi connectivity index (χ1v) is 12.5. The number of ether oxygens (including phenoxy) is 2. The van der Waals surface area contributed by atoms with Gasteiger partial charge in [0.15, 0.2) is 0 Å². The molecule has 2 aliphatic rings. The Morgan fingerprint density at radius 2 is 1.89 bits per heavy atom. The molecule has 35 heavy (non-hydrogen) atoms. The molecule has 1 aliphatic carbocycles. The topological polar surface area (TPSA) is 100 Å². The number of likely N-dealkylation sites (N-methyl/N-ethyl adjacent to an activating group) is 1. The van der Waals surface area contributed by atoms with Crippen molar-refractivity contribution in [3.8, 4) is 5.75 Å². The monoisotopic (exact) mass is 488 g/mol. The molecule has 4 amide bonds. The minimum Gasteiger partial charge on any atom is -0.491 e. The van der Waals surface area contributed by atoms with Crippen LogP contribution in [-0.2, 0) is 9.53 Å². The lowest BCUT2D eigenvalue weighted by molar-refractivity contribution is -0.142. The Morgan fingerprint density at radius 3 is 2.49 bits per heavy atom. The highest BCUT2D eigenvalue weighted by atomic mass is 16.5. The molecule has 1 aliphatic heterocycles. The lowest BCUT2D eigenvalue weighted by Crippen LogP contribution is -2.51. The fourth-order valence-corrected chi connectivity index (χ4v) is 4.48. The number of anilines is 1. The Labute approximate surface area is 208 Å². The van der Waals surface area contributed by atoms with E-state index in [9.17, 15) is 14.4 Å². The van der Waals surface area contributed by atoms with Gasteiger partial charge in [0.2, 0.25) is 5.91 Å². The first-order chi connectivity index (χ1) is 16.6. The summed E-state index contributed by atoms with van der Waals surface area (Å²) >= 11 is 0. The Kier molecular flexibility index (Phi) is 8.99. The van der Waals surface area contributed by atoms with E-state index in [1.807, 2.05) is 25.7 Å². The lowest BCUT2D eigenvalue weighted by Gasteiger charge is -2.39. The van der Waals surface area contributed by atoms with Crippen molar-refractivity contribution in [3.63, 3.8) is 0 Å². The summed E-state index contributed by atoms with van der Waals surface area (Å²) in [5, 5.41) is 5.57. The van der Waals surface area contributed by atoms with Gasteiger partial charge in [-0.3, -0.25) is 9.59 Å².